The number of amides is 2. The standard InChI is InChI=1S/C9H18N2O3/c1-7(13)11(4)5-8(14)10-9(2,3)6-12/h12H,5-6H2,1-4H3,(H,10,14). The summed E-state index contributed by atoms with van der Waals surface area (Å²) >= 11 is 0. The maximum absolute atomic E-state index is 11.3. The van der Waals surface area contributed by atoms with Gasteiger partial charge in [-0.05, 0) is 13.8 Å². The van der Waals surface area contributed by atoms with Crippen molar-refractivity contribution in [2.75, 3.05) is 20.2 Å². The molecule has 0 aromatic carbocycles. The second-order valence-corrected chi connectivity index (χ2v) is 3.97. The van der Waals surface area contributed by atoms with E-state index in [0.717, 1.165) is 0 Å². The highest BCUT2D eigenvalue weighted by Crippen LogP contribution is 1.99. The molecular weight excluding hydrogens is 184 g/mol. The van der Waals surface area contributed by atoms with Gasteiger partial charge in [-0.25, -0.2) is 0 Å². The van der Waals surface area contributed by atoms with Crippen molar-refractivity contribution in [2.45, 2.75) is 26.3 Å². The Balaban J connectivity index is 4.05. The van der Waals surface area contributed by atoms with E-state index < -0.39 is 5.54 Å². The molecule has 2 amide bonds. The third-order valence-electron chi connectivity index (χ3n) is 1.79. The first-order valence-corrected chi connectivity index (χ1v) is 4.42. The summed E-state index contributed by atoms with van der Waals surface area (Å²) in [6.07, 6.45) is 0. The van der Waals surface area contributed by atoms with E-state index in [1.54, 1.807) is 20.9 Å². The van der Waals surface area contributed by atoms with Gasteiger partial charge in [0.1, 0.15) is 0 Å². The maximum atomic E-state index is 11.3. The number of carbonyl (C=O) groups is 2. The summed E-state index contributed by atoms with van der Waals surface area (Å²) in [7, 11) is 1.55. The molecule has 0 aliphatic rings. The lowest BCUT2D eigenvalue weighted by molar-refractivity contribution is -0.133. The molecule has 0 saturated carbocycles. The molecule has 14 heavy (non-hydrogen) atoms. The Hall–Kier alpha value is -1.10. The molecule has 2 N–H and O–H groups in total. The van der Waals surface area contributed by atoms with Crippen LogP contribution >= 0.6 is 0 Å². The quantitative estimate of drug-likeness (QED) is 0.636. The summed E-state index contributed by atoms with van der Waals surface area (Å²) in [5, 5.41) is 11.5. The molecule has 0 bridgehead atoms. The molecular formula is C9H18N2O3. The number of aliphatic hydroxyl groups is 1. The number of nitrogens with zero attached hydrogens (tertiary/aromatic N) is 1. The van der Waals surface area contributed by atoms with Gasteiger partial charge in [-0.2, -0.15) is 0 Å². The Morgan fingerprint density at radius 1 is 1.43 bits per heavy atom. The summed E-state index contributed by atoms with van der Waals surface area (Å²) in [4.78, 5) is 23.4. The molecule has 0 aromatic heterocycles. The topological polar surface area (TPSA) is 69.6 Å². The zero-order valence-corrected chi connectivity index (χ0v) is 9.13. The number of likely N-dealkylation sites (N-methyl/N-ethyl adjacent to an activating group) is 1. The molecule has 5 heteroatoms. The van der Waals surface area contributed by atoms with Crippen LogP contribution in [0, 0.1) is 0 Å². The molecule has 0 radical (unpaired) electrons. The van der Waals surface area contributed by atoms with Crippen molar-refractivity contribution < 1.29 is 14.7 Å². The smallest absolute Gasteiger partial charge is 0.240 e. The molecule has 0 aliphatic carbocycles. The molecule has 0 spiro atoms. The highest BCUT2D eigenvalue weighted by molar-refractivity contribution is 5.83. The number of hydrogen-bond donors (Lipinski definition) is 2. The van der Waals surface area contributed by atoms with Gasteiger partial charge in [0.15, 0.2) is 0 Å². The minimum Gasteiger partial charge on any atom is -0.394 e. The molecule has 0 aliphatic heterocycles. The van der Waals surface area contributed by atoms with Crippen LogP contribution in [0.25, 0.3) is 0 Å². The van der Waals surface area contributed by atoms with E-state index in [1.165, 1.54) is 11.8 Å². The van der Waals surface area contributed by atoms with Gasteiger partial charge in [0, 0.05) is 14.0 Å². The van der Waals surface area contributed by atoms with Crippen molar-refractivity contribution in [3.8, 4) is 0 Å². The Kier molecular flexibility index (Phi) is 4.56. The van der Waals surface area contributed by atoms with Crippen LogP contribution in [-0.4, -0.2) is 47.6 Å². The van der Waals surface area contributed by atoms with E-state index in [1.807, 2.05) is 0 Å². The Labute approximate surface area is 84.1 Å². The number of nitrogens with one attached hydrogen (secondary N) is 1. The average molecular weight is 202 g/mol. The van der Waals surface area contributed by atoms with Crippen molar-refractivity contribution >= 4 is 11.8 Å². The Morgan fingerprint density at radius 3 is 2.29 bits per heavy atom. The first-order valence-electron chi connectivity index (χ1n) is 4.42. The zero-order chi connectivity index (χ0) is 11.4. The fourth-order valence-electron chi connectivity index (χ4n) is 0.783. The Bertz CT molecular complexity index is 226. The number of hydrogen-bond acceptors (Lipinski definition) is 3. The summed E-state index contributed by atoms with van der Waals surface area (Å²) in [6.45, 7) is 4.68. The first-order chi connectivity index (χ1) is 6.28. The summed E-state index contributed by atoms with van der Waals surface area (Å²) in [6, 6.07) is 0. The van der Waals surface area contributed by atoms with E-state index in [2.05, 4.69) is 5.32 Å². The summed E-state index contributed by atoms with van der Waals surface area (Å²) < 4.78 is 0. The highest BCUT2D eigenvalue weighted by atomic mass is 16.3. The molecule has 0 rings (SSSR count). The predicted molar refractivity (Wildman–Crippen MR) is 52.6 cm³/mol. The molecule has 0 aromatic rings. The van der Waals surface area contributed by atoms with Crippen LogP contribution in [0.2, 0.25) is 0 Å². The molecule has 5 nitrogen and oxygen atoms in total. The number of rotatable bonds is 4. The fourth-order valence-corrected chi connectivity index (χ4v) is 0.783. The van der Waals surface area contributed by atoms with Crippen LogP contribution in [0.15, 0.2) is 0 Å². The molecule has 0 fully saturated rings. The third kappa shape index (κ3) is 4.81. The molecule has 0 heterocycles. The van der Waals surface area contributed by atoms with Crippen molar-refractivity contribution in [1.82, 2.24) is 10.2 Å². The van der Waals surface area contributed by atoms with E-state index in [0.29, 0.717) is 0 Å². The van der Waals surface area contributed by atoms with Crippen LogP contribution in [0.3, 0.4) is 0 Å². The van der Waals surface area contributed by atoms with Crippen LogP contribution in [0.4, 0.5) is 0 Å². The lowest BCUT2D eigenvalue weighted by Gasteiger charge is -2.25. The summed E-state index contributed by atoms with van der Waals surface area (Å²) in [5.74, 6) is -0.441. The normalized spacial score (nSPS) is 10.9. The average Bonchev–Trinajstić information content (AvgIpc) is 2.02. The van der Waals surface area contributed by atoms with Crippen molar-refractivity contribution in [1.29, 1.82) is 0 Å². The minimum absolute atomic E-state index is 0.0127. The van der Waals surface area contributed by atoms with Gasteiger partial charge in [-0.1, -0.05) is 0 Å². The molecule has 82 valence electrons. The van der Waals surface area contributed by atoms with E-state index in [4.69, 9.17) is 5.11 Å². The lowest BCUT2D eigenvalue weighted by atomic mass is 10.1. The van der Waals surface area contributed by atoms with Crippen LogP contribution < -0.4 is 5.32 Å². The van der Waals surface area contributed by atoms with E-state index in [-0.39, 0.29) is 25.0 Å². The second kappa shape index (κ2) is 4.95. The van der Waals surface area contributed by atoms with Gasteiger partial charge >= 0.3 is 0 Å². The van der Waals surface area contributed by atoms with Crippen LogP contribution in [0.1, 0.15) is 20.8 Å². The predicted octanol–water partition coefficient (Wildman–Crippen LogP) is -0.648. The summed E-state index contributed by atoms with van der Waals surface area (Å²) in [5.41, 5.74) is -0.644. The lowest BCUT2D eigenvalue weighted by Crippen LogP contribution is -2.49. The van der Waals surface area contributed by atoms with Crippen molar-refractivity contribution in [3.05, 3.63) is 0 Å². The van der Waals surface area contributed by atoms with Gasteiger partial charge in [-0.3, -0.25) is 9.59 Å². The maximum Gasteiger partial charge on any atom is 0.240 e. The SMILES string of the molecule is CC(=O)N(C)CC(=O)NC(C)(C)CO. The minimum atomic E-state index is -0.644. The fraction of sp³-hybridized carbons (Fsp3) is 0.778. The van der Waals surface area contributed by atoms with E-state index >= 15 is 0 Å². The van der Waals surface area contributed by atoms with Gasteiger partial charge < -0.3 is 15.3 Å². The molecule has 0 atom stereocenters. The molecule has 0 unspecified atom stereocenters. The number of aliphatic hydroxyl groups excluding tert-OH is 1. The zero-order valence-electron chi connectivity index (χ0n) is 9.13. The highest BCUT2D eigenvalue weighted by Gasteiger charge is 2.20. The van der Waals surface area contributed by atoms with Crippen LogP contribution in [-0.2, 0) is 9.59 Å². The van der Waals surface area contributed by atoms with Crippen molar-refractivity contribution in [2.24, 2.45) is 0 Å². The Morgan fingerprint density at radius 2 is 1.93 bits per heavy atom. The first kappa shape index (κ1) is 12.9. The monoisotopic (exact) mass is 202 g/mol. The van der Waals surface area contributed by atoms with Gasteiger partial charge in [0.25, 0.3) is 0 Å². The van der Waals surface area contributed by atoms with Gasteiger partial charge in [-0.15, -0.1) is 0 Å². The molecule has 0 saturated heterocycles. The third-order valence-corrected chi connectivity index (χ3v) is 1.79. The number of carbonyl (C=O) groups excluding carboxylic acids is 2. The van der Waals surface area contributed by atoms with Gasteiger partial charge in [0.2, 0.25) is 11.8 Å². The van der Waals surface area contributed by atoms with Crippen molar-refractivity contribution in [3.63, 3.8) is 0 Å². The van der Waals surface area contributed by atoms with Gasteiger partial charge in [0.05, 0.1) is 18.7 Å². The second-order valence-electron chi connectivity index (χ2n) is 3.97. The largest absolute Gasteiger partial charge is 0.394 e. The van der Waals surface area contributed by atoms with E-state index in [9.17, 15) is 9.59 Å². The van der Waals surface area contributed by atoms with Crippen LogP contribution in [0.5, 0.6) is 0 Å².